The number of amides is 1. The number of benzene rings is 4. The quantitative estimate of drug-likeness (QED) is 0.129. The molecule has 214 valence electrons. The Kier molecular flexibility index (Phi) is 10.4. The summed E-state index contributed by atoms with van der Waals surface area (Å²) in [5.41, 5.74) is 5.19. The third-order valence-electron chi connectivity index (χ3n) is 6.31. The number of rotatable bonds is 11. The molecule has 0 fully saturated rings. The van der Waals surface area contributed by atoms with Gasteiger partial charge in [0, 0.05) is 0 Å². The number of nitrogens with one attached hydrogen (secondary N) is 2. The minimum Gasteiger partial charge on any atom is -0.487 e. The summed E-state index contributed by atoms with van der Waals surface area (Å²) in [5, 5.41) is 6.37. The number of halogens is 2. The summed E-state index contributed by atoms with van der Waals surface area (Å²) in [7, 11) is -3.89. The summed E-state index contributed by atoms with van der Waals surface area (Å²) in [6.07, 6.45) is 1.80. The van der Waals surface area contributed by atoms with E-state index in [0.29, 0.717) is 33.3 Å². The Morgan fingerprint density at radius 2 is 1.63 bits per heavy atom. The van der Waals surface area contributed by atoms with Gasteiger partial charge >= 0.3 is 0 Å². The van der Waals surface area contributed by atoms with Gasteiger partial charge in [-0.1, -0.05) is 74.0 Å². The van der Waals surface area contributed by atoms with Crippen molar-refractivity contribution in [3.63, 3.8) is 0 Å². The standard InChI is InChI=1S/C31H31Br2N3O4S/c1-20(2)15-29(36-41(38,39)25-13-11-21(3)12-14-25)31(37)35-34-18-22-16-27(32)30(28(33)17-22)40-19-24-9-6-8-23-7-4-5-10-26(23)24/h4-14,16-18,20,29,36H,15,19H2,1-3H3,(H,35,37)/b34-18-/t29-/m1/s1. The first-order valence-electron chi connectivity index (χ1n) is 13.0. The number of hydrogen-bond donors (Lipinski definition) is 2. The molecule has 0 aliphatic heterocycles. The first-order valence-corrected chi connectivity index (χ1v) is 16.1. The maximum absolute atomic E-state index is 12.9. The Labute approximate surface area is 257 Å². The summed E-state index contributed by atoms with van der Waals surface area (Å²) in [4.78, 5) is 13.0. The number of hydrazone groups is 1. The molecule has 0 radical (unpaired) electrons. The van der Waals surface area contributed by atoms with Gasteiger partial charge in [-0.3, -0.25) is 4.79 Å². The van der Waals surface area contributed by atoms with Gasteiger partial charge in [0.25, 0.3) is 5.91 Å². The van der Waals surface area contributed by atoms with Crippen LogP contribution in [0.3, 0.4) is 0 Å². The van der Waals surface area contributed by atoms with E-state index in [2.05, 4.69) is 65.3 Å². The molecule has 4 rings (SSSR count). The van der Waals surface area contributed by atoms with Crippen LogP contribution in [0.15, 0.2) is 97.8 Å². The minimum atomic E-state index is -3.89. The lowest BCUT2D eigenvalue weighted by atomic mass is 10.0. The van der Waals surface area contributed by atoms with Crippen molar-refractivity contribution in [2.45, 2.75) is 44.7 Å². The third-order valence-corrected chi connectivity index (χ3v) is 8.98. The van der Waals surface area contributed by atoms with Crippen LogP contribution in [-0.2, 0) is 21.4 Å². The second-order valence-electron chi connectivity index (χ2n) is 10.1. The molecule has 7 nitrogen and oxygen atoms in total. The molecular weight excluding hydrogens is 670 g/mol. The average molecular weight is 701 g/mol. The van der Waals surface area contributed by atoms with Crippen molar-refractivity contribution < 1.29 is 17.9 Å². The Balaban J connectivity index is 1.42. The average Bonchev–Trinajstić information content (AvgIpc) is 2.92. The molecule has 0 aliphatic carbocycles. The van der Waals surface area contributed by atoms with E-state index in [4.69, 9.17) is 4.74 Å². The lowest BCUT2D eigenvalue weighted by Gasteiger charge is -2.19. The molecule has 0 spiro atoms. The van der Waals surface area contributed by atoms with E-state index in [0.717, 1.165) is 21.9 Å². The zero-order valence-corrected chi connectivity index (χ0v) is 26.9. The predicted octanol–water partition coefficient (Wildman–Crippen LogP) is 7.10. The molecule has 4 aromatic carbocycles. The van der Waals surface area contributed by atoms with E-state index >= 15 is 0 Å². The molecule has 1 amide bonds. The number of carbonyl (C=O) groups excluding carboxylic acids is 1. The topological polar surface area (TPSA) is 96.9 Å². The molecular formula is C31H31Br2N3O4S. The monoisotopic (exact) mass is 699 g/mol. The summed E-state index contributed by atoms with van der Waals surface area (Å²) in [6.45, 7) is 6.10. The van der Waals surface area contributed by atoms with E-state index in [1.54, 1.807) is 12.1 Å². The highest BCUT2D eigenvalue weighted by Gasteiger charge is 2.26. The highest BCUT2D eigenvalue weighted by molar-refractivity contribution is 9.11. The number of hydrogen-bond acceptors (Lipinski definition) is 5. The molecule has 0 aliphatic rings. The van der Waals surface area contributed by atoms with Crippen LogP contribution in [0.2, 0.25) is 0 Å². The van der Waals surface area contributed by atoms with Crippen LogP contribution in [0, 0.1) is 12.8 Å². The number of carbonyl (C=O) groups is 1. The van der Waals surface area contributed by atoms with Crippen molar-refractivity contribution in [2.75, 3.05) is 0 Å². The SMILES string of the molecule is Cc1ccc(S(=O)(=O)N[C@H](CC(C)C)C(=O)N/N=C\c2cc(Br)c(OCc3cccc4ccccc34)c(Br)c2)cc1. The van der Waals surface area contributed by atoms with E-state index in [1.165, 1.54) is 18.3 Å². The van der Waals surface area contributed by atoms with Crippen LogP contribution in [-0.4, -0.2) is 26.6 Å². The molecule has 4 aromatic rings. The summed E-state index contributed by atoms with van der Waals surface area (Å²) < 4.78 is 35.9. The van der Waals surface area contributed by atoms with Gasteiger partial charge in [0.1, 0.15) is 18.4 Å². The smallest absolute Gasteiger partial charge is 0.258 e. The highest BCUT2D eigenvalue weighted by Crippen LogP contribution is 2.35. The fourth-order valence-electron chi connectivity index (χ4n) is 4.26. The second kappa shape index (κ2) is 13.7. The lowest BCUT2D eigenvalue weighted by molar-refractivity contribution is -0.123. The van der Waals surface area contributed by atoms with Crippen molar-refractivity contribution in [3.05, 3.63) is 104 Å². The molecule has 0 bridgehead atoms. The molecule has 0 unspecified atom stereocenters. The van der Waals surface area contributed by atoms with Crippen LogP contribution in [0.25, 0.3) is 10.8 Å². The third kappa shape index (κ3) is 8.25. The predicted molar refractivity (Wildman–Crippen MR) is 171 cm³/mol. The molecule has 0 aromatic heterocycles. The zero-order chi connectivity index (χ0) is 29.6. The molecule has 0 saturated carbocycles. The summed E-state index contributed by atoms with van der Waals surface area (Å²) >= 11 is 7.14. The maximum atomic E-state index is 12.9. The number of nitrogens with zero attached hydrogens (tertiary/aromatic N) is 1. The normalized spacial score (nSPS) is 12.6. The summed E-state index contributed by atoms with van der Waals surface area (Å²) in [6, 6.07) is 23.4. The molecule has 10 heteroatoms. The van der Waals surface area contributed by atoms with Crippen molar-refractivity contribution in [3.8, 4) is 5.75 Å². The summed E-state index contributed by atoms with van der Waals surface area (Å²) in [5.74, 6) is 0.171. The largest absolute Gasteiger partial charge is 0.487 e. The molecule has 0 heterocycles. The van der Waals surface area contributed by atoms with E-state index < -0.39 is 22.0 Å². The van der Waals surface area contributed by atoms with Crippen molar-refractivity contribution in [1.82, 2.24) is 10.1 Å². The van der Waals surface area contributed by atoms with Gasteiger partial charge in [-0.15, -0.1) is 0 Å². The number of aryl methyl sites for hydroxylation is 1. The minimum absolute atomic E-state index is 0.0729. The Hall–Kier alpha value is -3.05. The molecule has 1 atom stereocenters. The van der Waals surface area contributed by atoms with E-state index in [9.17, 15) is 13.2 Å². The van der Waals surface area contributed by atoms with Gasteiger partial charge in [0.2, 0.25) is 10.0 Å². The van der Waals surface area contributed by atoms with E-state index in [-0.39, 0.29) is 10.8 Å². The van der Waals surface area contributed by atoms with E-state index in [1.807, 2.05) is 57.2 Å². The van der Waals surface area contributed by atoms with Crippen molar-refractivity contribution in [1.29, 1.82) is 0 Å². The first kappa shape index (κ1) is 30.9. The second-order valence-corrected chi connectivity index (χ2v) is 13.5. The van der Waals surface area contributed by atoms with Crippen molar-refractivity contribution >= 4 is 64.8 Å². The highest BCUT2D eigenvalue weighted by atomic mass is 79.9. The van der Waals surface area contributed by atoms with Crippen molar-refractivity contribution in [2.24, 2.45) is 11.0 Å². The number of ether oxygens (including phenoxy) is 1. The van der Waals surface area contributed by atoms with Gasteiger partial charge in [-0.05, 0) is 97.3 Å². The fourth-order valence-corrected chi connectivity index (χ4v) is 6.92. The van der Waals surface area contributed by atoms with Gasteiger partial charge in [-0.2, -0.15) is 9.82 Å². The van der Waals surface area contributed by atoms with Gasteiger partial charge in [0.05, 0.1) is 20.1 Å². The van der Waals surface area contributed by atoms with Gasteiger partial charge < -0.3 is 4.74 Å². The number of sulfonamides is 1. The Morgan fingerprint density at radius 1 is 0.976 bits per heavy atom. The lowest BCUT2D eigenvalue weighted by Crippen LogP contribution is -2.46. The van der Waals surface area contributed by atoms with Crippen LogP contribution >= 0.6 is 31.9 Å². The first-order chi connectivity index (χ1) is 19.5. The van der Waals surface area contributed by atoms with Gasteiger partial charge in [-0.25, -0.2) is 13.8 Å². The Bertz CT molecular complexity index is 1640. The maximum Gasteiger partial charge on any atom is 0.258 e. The zero-order valence-electron chi connectivity index (χ0n) is 22.9. The number of fused-ring (bicyclic) bond motifs is 1. The van der Waals surface area contributed by atoms with Crippen LogP contribution < -0.4 is 14.9 Å². The molecule has 2 N–H and O–H groups in total. The van der Waals surface area contributed by atoms with Crippen LogP contribution in [0.1, 0.15) is 37.0 Å². The van der Waals surface area contributed by atoms with Gasteiger partial charge in [0.15, 0.2) is 0 Å². The van der Waals surface area contributed by atoms with Crippen LogP contribution in [0.5, 0.6) is 5.75 Å². The fraction of sp³-hybridized carbons (Fsp3) is 0.226. The van der Waals surface area contributed by atoms with Crippen LogP contribution in [0.4, 0.5) is 0 Å². The molecule has 0 saturated heterocycles. The molecule has 41 heavy (non-hydrogen) atoms. The Morgan fingerprint density at radius 3 is 2.32 bits per heavy atom.